The monoisotopic (exact) mass is 208 g/mol. The summed E-state index contributed by atoms with van der Waals surface area (Å²) in [6, 6.07) is 0. The van der Waals surface area contributed by atoms with Crippen LogP contribution in [0.2, 0.25) is 0 Å². The van der Waals surface area contributed by atoms with E-state index in [1.54, 1.807) is 13.0 Å². The second-order valence-electron chi connectivity index (χ2n) is 3.01. The van der Waals surface area contributed by atoms with Gasteiger partial charge in [-0.25, -0.2) is 0 Å². The quantitative estimate of drug-likeness (QED) is 0.395. The Morgan fingerprint density at radius 1 is 1.27 bits per heavy atom. The molecule has 0 saturated carbocycles. The molecule has 0 N–H and O–H groups in total. The Balaban J connectivity index is 2.90. The molecule has 0 bridgehead atoms. The van der Waals surface area contributed by atoms with Crippen LogP contribution in [0.25, 0.3) is 0 Å². The summed E-state index contributed by atoms with van der Waals surface area (Å²) in [5.41, 5.74) is 0. The first kappa shape index (κ1) is 11.2. The van der Waals surface area contributed by atoms with Gasteiger partial charge in [0, 0.05) is 12.2 Å². The molecular weight excluding hydrogens is 196 g/mol. The Morgan fingerprint density at radius 2 is 1.80 bits per heavy atom. The SMILES string of the molecule is C=CC(C)OC1=CC(=O)C(=O)C=C1OC. The fourth-order valence-electron chi connectivity index (χ4n) is 1.02. The van der Waals surface area contributed by atoms with Crippen LogP contribution in [0.5, 0.6) is 0 Å². The minimum Gasteiger partial charge on any atom is -0.493 e. The summed E-state index contributed by atoms with van der Waals surface area (Å²) in [6.07, 6.45) is 3.57. The van der Waals surface area contributed by atoms with Gasteiger partial charge in [0.1, 0.15) is 6.10 Å². The summed E-state index contributed by atoms with van der Waals surface area (Å²) in [6.45, 7) is 5.31. The highest BCUT2D eigenvalue weighted by Crippen LogP contribution is 2.18. The molecule has 1 rings (SSSR count). The highest BCUT2D eigenvalue weighted by molar-refractivity contribution is 6.46. The van der Waals surface area contributed by atoms with Crippen LogP contribution in [0.4, 0.5) is 0 Å². The predicted molar refractivity (Wildman–Crippen MR) is 53.9 cm³/mol. The first-order valence-corrected chi connectivity index (χ1v) is 4.43. The van der Waals surface area contributed by atoms with Crippen LogP contribution >= 0.6 is 0 Å². The molecule has 0 heterocycles. The molecule has 0 saturated heterocycles. The highest BCUT2D eigenvalue weighted by Gasteiger charge is 2.22. The van der Waals surface area contributed by atoms with Gasteiger partial charge in [-0.3, -0.25) is 9.59 Å². The van der Waals surface area contributed by atoms with E-state index in [9.17, 15) is 9.59 Å². The van der Waals surface area contributed by atoms with E-state index in [2.05, 4.69) is 6.58 Å². The van der Waals surface area contributed by atoms with Crippen LogP contribution in [-0.4, -0.2) is 24.8 Å². The summed E-state index contributed by atoms with van der Waals surface area (Å²) >= 11 is 0. The Labute approximate surface area is 87.9 Å². The summed E-state index contributed by atoms with van der Waals surface area (Å²) in [5.74, 6) is -0.699. The third-order valence-electron chi connectivity index (χ3n) is 1.87. The smallest absolute Gasteiger partial charge is 0.229 e. The Hall–Kier alpha value is -1.84. The van der Waals surface area contributed by atoms with Crippen LogP contribution in [0.1, 0.15) is 6.92 Å². The van der Waals surface area contributed by atoms with Gasteiger partial charge in [-0.05, 0) is 6.92 Å². The van der Waals surface area contributed by atoms with E-state index in [0.29, 0.717) is 0 Å². The molecule has 0 aliphatic heterocycles. The highest BCUT2D eigenvalue weighted by atomic mass is 16.5. The molecule has 0 amide bonds. The second-order valence-corrected chi connectivity index (χ2v) is 3.01. The Bertz CT molecular complexity index is 363. The molecule has 0 aromatic heterocycles. The van der Waals surface area contributed by atoms with Crippen molar-refractivity contribution in [3.8, 4) is 0 Å². The number of carbonyl (C=O) groups excluding carboxylic acids is 2. The lowest BCUT2D eigenvalue weighted by atomic mass is 10.1. The van der Waals surface area contributed by atoms with Crippen molar-refractivity contribution in [1.82, 2.24) is 0 Å². The van der Waals surface area contributed by atoms with Gasteiger partial charge < -0.3 is 9.47 Å². The molecule has 4 nitrogen and oxygen atoms in total. The lowest BCUT2D eigenvalue weighted by Crippen LogP contribution is -2.18. The van der Waals surface area contributed by atoms with E-state index in [-0.39, 0.29) is 17.6 Å². The van der Waals surface area contributed by atoms with Crippen molar-refractivity contribution >= 4 is 11.6 Å². The van der Waals surface area contributed by atoms with Crippen LogP contribution in [-0.2, 0) is 19.1 Å². The normalized spacial score (nSPS) is 17.7. The molecular formula is C11H12O4. The fraction of sp³-hybridized carbons (Fsp3) is 0.273. The van der Waals surface area contributed by atoms with Crippen LogP contribution < -0.4 is 0 Å². The molecule has 0 aromatic carbocycles. The van der Waals surface area contributed by atoms with E-state index < -0.39 is 11.6 Å². The number of methoxy groups -OCH3 is 1. The average molecular weight is 208 g/mol. The topological polar surface area (TPSA) is 52.6 Å². The van der Waals surface area contributed by atoms with Gasteiger partial charge >= 0.3 is 0 Å². The largest absolute Gasteiger partial charge is 0.493 e. The Morgan fingerprint density at radius 3 is 2.27 bits per heavy atom. The van der Waals surface area contributed by atoms with Gasteiger partial charge in [-0.1, -0.05) is 12.7 Å². The van der Waals surface area contributed by atoms with Crippen molar-refractivity contribution in [2.24, 2.45) is 0 Å². The van der Waals surface area contributed by atoms with Crippen molar-refractivity contribution < 1.29 is 19.1 Å². The van der Waals surface area contributed by atoms with Gasteiger partial charge in [0.15, 0.2) is 11.5 Å². The van der Waals surface area contributed by atoms with Crippen LogP contribution in [0, 0.1) is 0 Å². The molecule has 1 aliphatic carbocycles. The standard InChI is InChI=1S/C11H12O4/c1-4-7(2)15-11-6-9(13)8(12)5-10(11)14-3/h4-7H,1H2,2-3H3. The number of allylic oxidation sites excluding steroid dienone is 2. The lowest BCUT2D eigenvalue weighted by Gasteiger charge is -2.17. The zero-order valence-electron chi connectivity index (χ0n) is 8.65. The average Bonchev–Trinajstić information content (AvgIpc) is 2.22. The maximum Gasteiger partial charge on any atom is 0.229 e. The molecule has 0 spiro atoms. The number of rotatable bonds is 4. The molecule has 1 aliphatic rings. The zero-order valence-corrected chi connectivity index (χ0v) is 8.65. The van der Waals surface area contributed by atoms with Crippen molar-refractivity contribution in [2.75, 3.05) is 7.11 Å². The van der Waals surface area contributed by atoms with Gasteiger partial charge in [0.05, 0.1) is 7.11 Å². The van der Waals surface area contributed by atoms with E-state index in [4.69, 9.17) is 9.47 Å². The lowest BCUT2D eigenvalue weighted by molar-refractivity contribution is -0.131. The summed E-state index contributed by atoms with van der Waals surface area (Å²) < 4.78 is 10.3. The van der Waals surface area contributed by atoms with Gasteiger partial charge in [0.25, 0.3) is 0 Å². The molecule has 15 heavy (non-hydrogen) atoms. The van der Waals surface area contributed by atoms with Gasteiger partial charge in [-0.15, -0.1) is 0 Å². The minimum absolute atomic E-state index is 0.254. The van der Waals surface area contributed by atoms with Gasteiger partial charge in [0.2, 0.25) is 11.6 Å². The minimum atomic E-state index is -0.609. The van der Waals surface area contributed by atoms with E-state index in [1.165, 1.54) is 7.11 Å². The molecule has 0 fully saturated rings. The molecule has 80 valence electrons. The molecule has 0 radical (unpaired) electrons. The van der Waals surface area contributed by atoms with Crippen LogP contribution in [0.15, 0.2) is 36.3 Å². The van der Waals surface area contributed by atoms with Gasteiger partial charge in [-0.2, -0.15) is 0 Å². The van der Waals surface area contributed by atoms with Crippen molar-refractivity contribution in [1.29, 1.82) is 0 Å². The fourth-order valence-corrected chi connectivity index (χ4v) is 1.02. The molecule has 1 unspecified atom stereocenters. The third-order valence-corrected chi connectivity index (χ3v) is 1.87. The number of hydrogen-bond acceptors (Lipinski definition) is 4. The second kappa shape index (κ2) is 4.59. The maximum absolute atomic E-state index is 11.1. The van der Waals surface area contributed by atoms with Crippen molar-refractivity contribution in [3.63, 3.8) is 0 Å². The van der Waals surface area contributed by atoms with Crippen molar-refractivity contribution in [2.45, 2.75) is 13.0 Å². The third kappa shape index (κ3) is 2.56. The van der Waals surface area contributed by atoms with Crippen molar-refractivity contribution in [3.05, 3.63) is 36.3 Å². The summed E-state index contributed by atoms with van der Waals surface area (Å²) in [4.78, 5) is 22.1. The number of ether oxygens (including phenoxy) is 2. The number of hydrogen-bond donors (Lipinski definition) is 0. The summed E-state index contributed by atoms with van der Waals surface area (Å²) in [5, 5.41) is 0. The molecule has 4 heteroatoms. The Kier molecular flexibility index (Phi) is 3.44. The molecule has 1 atom stereocenters. The summed E-state index contributed by atoms with van der Waals surface area (Å²) in [7, 11) is 1.41. The number of ketones is 2. The van der Waals surface area contributed by atoms with E-state index >= 15 is 0 Å². The molecule has 0 aromatic rings. The zero-order chi connectivity index (χ0) is 11.4. The first-order valence-electron chi connectivity index (χ1n) is 4.43. The van der Waals surface area contributed by atoms with E-state index in [1.807, 2.05) is 0 Å². The number of carbonyl (C=O) groups is 2. The van der Waals surface area contributed by atoms with Crippen LogP contribution in [0.3, 0.4) is 0 Å². The first-order chi connectivity index (χ1) is 7.08. The van der Waals surface area contributed by atoms with E-state index in [0.717, 1.165) is 12.2 Å². The maximum atomic E-state index is 11.1. The predicted octanol–water partition coefficient (Wildman–Crippen LogP) is 1.14.